The summed E-state index contributed by atoms with van der Waals surface area (Å²) in [5, 5.41) is 19.5. The summed E-state index contributed by atoms with van der Waals surface area (Å²) in [6.45, 7) is 0.151. The number of amides is 1. The zero-order valence-corrected chi connectivity index (χ0v) is 14.9. The van der Waals surface area contributed by atoms with Crippen LogP contribution in [0.3, 0.4) is 0 Å². The van der Waals surface area contributed by atoms with Crippen molar-refractivity contribution in [1.82, 2.24) is 9.88 Å². The van der Waals surface area contributed by atoms with Crippen LogP contribution in [0, 0.1) is 5.82 Å². The van der Waals surface area contributed by atoms with Crippen LogP contribution in [0.25, 0.3) is 5.76 Å². The van der Waals surface area contributed by atoms with Crippen LogP contribution in [0.4, 0.5) is 4.39 Å². The maximum atomic E-state index is 13.2. The second kappa shape index (κ2) is 8.73. The molecule has 1 atom stereocenters. The van der Waals surface area contributed by atoms with Gasteiger partial charge in [-0.2, -0.15) is 0 Å². The lowest BCUT2D eigenvalue weighted by Gasteiger charge is -2.24. The first-order valence-corrected chi connectivity index (χ1v) is 8.67. The Morgan fingerprint density at radius 1 is 1.18 bits per heavy atom. The van der Waals surface area contributed by atoms with Crippen molar-refractivity contribution in [3.8, 4) is 0 Å². The molecule has 0 aliphatic carbocycles. The number of benzene rings is 1. The fourth-order valence-electron chi connectivity index (χ4n) is 3.09. The summed E-state index contributed by atoms with van der Waals surface area (Å²) >= 11 is 0. The number of likely N-dealkylation sites (tertiary alicyclic amines) is 1. The Kier molecular flexibility index (Phi) is 6.13. The molecular weight excluding hydrogens is 367 g/mol. The monoisotopic (exact) mass is 386 g/mol. The highest BCUT2D eigenvalue weighted by atomic mass is 19.1. The number of hydrogen-bond donors (Lipinski definition) is 2. The minimum Gasteiger partial charge on any atom is -0.507 e. The van der Waals surface area contributed by atoms with Crippen LogP contribution in [0.2, 0.25) is 0 Å². The van der Waals surface area contributed by atoms with E-state index in [4.69, 9.17) is 9.84 Å². The minimum atomic E-state index is -0.850. The molecule has 1 saturated heterocycles. The minimum absolute atomic E-state index is 0.0876. The smallest absolute Gasteiger partial charge is 0.295 e. The SMILES string of the molecule is O=C1C(=O)N(CCOCCO)[C@@H](c2cccnc2)C1=C(O)c1ccc(F)cc1. The molecule has 146 valence electrons. The number of halogens is 1. The molecule has 7 nitrogen and oxygen atoms in total. The van der Waals surface area contributed by atoms with Crippen LogP contribution < -0.4 is 0 Å². The quantitative estimate of drug-likeness (QED) is 0.325. The number of Topliss-reactive ketones (excluding diaryl/α,β-unsaturated/α-hetero) is 1. The number of carbonyl (C=O) groups excluding carboxylic acids is 2. The topological polar surface area (TPSA) is 100.0 Å². The Bertz CT molecular complexity index is 883. The molecule has 1 aromatic carbocycles. The highest BCUT2D eigenvalue weighted by molar-refractivity contribution is 6.46. The molecule has 0 radical (unpaired) electrons. The molecule has 0 unspecified atom stereocenters. The second-order valence-electron chi connectivity index (χ2n) is 6.12. The van der Waals surface area contributed by atoms with Gasteiger partial charge in [-0.15, -0.1) is 0 Å². The fraction of sp³-hybridized carbons (Fsp3) is 0.250. The number of aromatic nitrogens is 1. The molecule has 2 N–H and O–H groups in total. The van der Waals surface area contributed by atoms with Crippen LogP contribution in [0.1, 0.15) is 17.2 Å². The van der Waals surface area contributed by atoms with Crippen molar-refractivity contribution in [2.75, 3.05) is 26.4 Å². The van der Waals surface area contributed by atoms with Gasteiger partial charge in [0.15, 0.2) is 0 Å². The highest BCUT2D eigenvalue weighted by Gasteiger charge is 2.45. The van der Waals surface area contributed by atoms with E-state index in [0.29, 0.717) is 5.56 Å². The molecule has 1 aliphatic rings. The second-order valence-corrected chi connectivity index (χ2v) is 6.12. The summed E-state index contributed by atoms with van der Waals surface area (Å²) in [4.78, 5) is 30.6. The van der Waals surface area contributed by atoms with Gasteiger partial charge < -0.3 is 19.8 Å². The highest BCUT2D eigenvalue weighted by Crippen LogP contribution is 2.38. The third kappa shape index (κ3) is 3.92. The lowest BCUT2D eigenvalue weighted by molar-refractivity contribution is -0.140. The molecule has 1 aromatic heterocycles. The van der Waals surface area contributed by atoms with Gasteiger partial charge in [0.2, 0.25) is 0 Å². The summed E-state index contributed by atoms with van der Waals surface area (Å²) in [5.74, 6) is -2.48. The van der Waals surface area contributed by atoms with Gasteiger partial charge in [0.25, 0.3) is 11.7 Å². The fourth-order valence-corrected chi connectivity index (χ4v) is 3.09. The zero-order valence-electron chi connectivity index (χ0n) is 14.9. The van der Waals surface area contributed by atoms with Crippen molar-refractivity contribution in [2.24, 2.45) is 0 Å². The van der Waals surface area contributed by atoms with E-state index in [0.717, 1.165) is 12.1 Å². The van der Waals surface area contributed by atoms with E-state index in [1.165, 1.54) is 23.2 Å². The van der Waals surface area contributed by atoms with Crippen LogP contribution in [0.5, 0.6) is 0 Å². The molecule has 1 fully saturated rings. The number of pyridine rings is 1. The number of carbonyl (C=O) groups is 2. The van der Waals surface area contributed by atoms with E-state index in [1.54, 1.807) is 18.3 Å². The number of hydrogen-bond acceptors (Lipinski definition) is 6. The van der Waals surface area contributed by atoms with Crippen LogP contribution in [0.15, 0.2) is 54.4 Å². The predicted molar refractivity (Wildman–Crippen MR) is 97.6 cm³/mol. The number of ether oxygens (including phenoxy) is 1. The van der Waals surface area contributed by atoms with Crippen molar-refractivity contribution in [1.29, 1.82) is 0 Å². The number of rotatable bonds is 7. The van der Waals surface area contributed by atoms with Gasteiger partial charge >= 0.3 is 0 Å². The molecule has 0 bridgehead atoms. The third-order valence-corrected chi connectivity index (χ3v) is 4.37. The van der Waals surface area contributed by atoms with E-state index in [2.05, 4.69) is 4.98 Å². The average molecular weight is 386 g/mol. The van der Waals surface area contributed by atoms with Gasteiger partial charge in [-0.1, -0.05) is 6.07 Å². The molecule has 1 aliphatic heterocycles. The number of aliphatic hydroxyl groups is 2. The molecule has 0 spiro atoms. The van der Waals surface area contributed by atoms with E-state index >= 15 is 0 Å². The normalized spacial score (nSPS) is 18.6. The van der Waals surface area contributed by atoms with Crippen molar-refractivity contribution in [3.63, 3.8) is 0 Å². The maximum Gasteiger partial charge on any atom is 0.295 e. The van der Waals surface area contributed by atoms with E-state index in [-0.39, 0.29) is 43.3 Å². The molecule has 2 aromatic rings. The first-order valence-electron chi connectivity index (χ1n) is 8.67. The van der Waals surface area contributed by atoms with Gasteiger partial charge in [0.1, 0.15) is 11.6 Å². The lowest BCUT2D eigenvalue weighted by atomic mass is 9.96. The predicted octanol–water partition coefficient (Wildman–Crippen LogP) is 1.65. The Labute approximate surface area is 160 Å². The van der Waals surface area contributed by atoms with Gasteiger partial charge in [-0.05, 0) is 35.9 Å². The van der Waals surface area contributed by atoms with Crippen molar-refractivity contribution < 1.29 is 28.9 Å². The van der Waals surface area contributed by atoms with E-state index in [9.17, 15) is 19.1 Å². The molecule has 3 rings (SSSR count). The Morgan fingerprint density at radius 2 is 1.93 bits per heavy atom. The van der Waals surface area contributed by atoms with E-state index < -0.39 is 23.5 Å². The average Bonchev–Trinajstić information content (AvgIpc) is 2.97. The molecule has 8 heteroatoms. The summed E-state index contributed by atoms with van der Waals surface area (Å²) in [6.07, 6.45) is 3.07. The molecular formula is C20H19FN2O5. The largest absolute Gasteiger partial charge is 0.507 e. The van der Waals surface area contributed by atoms with Crippen molar-refractivity contribution in [3.05, 3.63) is 71.3 Å². The number of ketones is 1. The number of aliphatic hydroxyl groups excluding tert-OH is 2. The molecule has 1 amide bonds. The third-order valence-electron chi connectivity index (χ3n) is 4.37. The van der Waals surface area contributed by atoms with Crippen LogP contribution in [-0.2, 0) is 14.3 Å². The van der Waals surface area contributed by atoms with Crippen molar-refractivity contribution in [2.45, 2.75) is 6.04 Å². The first-order chi connectivity index (χ1) is 13.5. The zero-order chi connectivity index (χ0) is 20.1. The van der Waals surface area contributed by atoms with Crippen LogP contribution >= 0.6 is 0 Å². The Balaban J connectivity index is 2.03. The number of nitrogens with zero attached hydrogens (tertiary/aromatic N) is 2. The van der Waals surface area contributed by atoms with Gasteiger partial charge in [-0.25, -0.2) is 4.39 Å². The lowest BCUT2D eigenvalue weighted by Crippen LogP contribution is -2.33. The van der Waals surface area contributed by atoms with Gasteiger partial charge in [0, 0.05) is 24.5 Å². The molecule has 0 saturated carbocycles. The Hall–Kier alpha value is -3.10. The van der Waals surface area contributed by atoms with Gasteiger partial charge in [-0.3, -0.25) is 14.6 Å². The van der Waals surface area contributed by atoms with Gasteiger partial charge in [0.05, 0.1) is 31.4 Å². The summed E-state index contributed by atoms with van der Waals surface area (Å²) < 4.78 is 18.4. The Morgan fingerprint density at radius 3 is 2.57 bits per heavy atom. The van der Waals surface area contributed by atoms with Crippen molar-refractivity contribution >= 4 is 17.4 Å². The first kappa shape index (κ1) is 19.7. The van der Waals surface area contributed by atoms with Crippen LogP contribution in [-0.4, -0.2) is 58.2 Å². The molecule has 28 heavy (non-hydrogen) atoms. The summed E-state index contributed by atoms with van der Waals surface area (Å²) in [6, 6.07) is 7.50. The molecule has 2 heterocycles. The van der Waals surface area contributed by atoms with E-state index in [1.807, 2.05) is 0 Å². The summed E-state index contributed by atoms with van der Waals surface area (Å²) in [5.41, 5.74) is 0.684. The summed E-state index contributed by atoms with van der Waals surface area (Å²) in [7, 11) is 0. The maximum absolute atomic E-state index is 13.2. The standard InChI is InChI=1S/C20H19FN2O5/c21-15-5-3-13(4-6-15)18(25)16-17(14-2-1-7-22-12-14)23(20(27)19(16)26)8-10-28-11-9-24/h1-7,12,17,24-25H,8-11H2/t17-/m0/s1.